The molecule has 2 unspecified atom stereocenters. The summed E-state index contributed by atoms with van der Waals surface area (Å²) in [6.07, 6.45) is 4.35. The summed E-state index contributed by atoms with van der Waals surface area (Å²) in [5, 5.41) is 0. The fourth-order valence-corrected chi connectivity index (χ4v) is 5.68. The Morgan fingerprint density at radius 1 is 1.24 bits per heavy atom. The summed E-state index contributed by atoms with van der Waals surface area (Å²) in [5.41, 5.74) is 6.17. The van der Waals surface area contributed by atoms with Crippen molar-refractivity contribution in [3.8, 4) is 0 Å². The molecule has 2 aliphatic heterocycles. The van der Waals surface area contributed by atoms with Gasteiger partial charge in [0.25, 0.3) is 0 Å². The van der Waals surface area contributed by atoms with Crippen molar-refractivity contribution in [1.29, 1.82) is 0 Å². The van der Waals surface area contributed by atoms with E-state index in [1.807, 2.05) is 0 Å². The Morgan fingerprint density at radius 2 is 2.05 bits per heavy atom. The molecule has 2 saturated heterocycles. The van der Waals surface area contributed by atoms with Crippen LogP contribution >= 0.6 is 15.9 Å². The van der Waals surface area contributed by atoms with E-state index in [2.05, 4.69) is 25.6 Å². The highest BCUT2D eigenvalue weighted by Gasteiger charge is 2.38. The van der Waals surface area contributed by atoms with Gasteiger partial charge in [0, 0.05) is 28.8 Å². The Hall–Kier alpha value is -0.630. The number of nitrogens with one attached hydrogen (secondary N) is 1. The summed E-state index contributed by atoms with van der Waals surface area (Å²) in [5.74, 6) is 0. The minimum Gasteiger partial charge on any atom is -0.399 e. The molecule has 7 heteroatoms. The van der Waals surface area contributed by atoms with Gasteiger partial charge in [-0.05, 0) is 59.9 Å². The van der Waals surface area contributed by atoms with Crippen LogP contribution in [0.3, 0.4) is 0 Å². The highest BCUT2D eigenvalue weighted by atomic mass is 79.9. The fraction of sp³-hybridized carbons (Fsp3) is 0.571. The second-order valence-electron chi connectivity index (χ2n) is 5.81. The molecular weight excluding hydrogens is 354 g/mol. The molecule has 116 valence electrons. The number of anilines is 1. The molecule has 21 heavy (non-hydrogen) atoms. The Balaban J connectivity index is 1.81. The van der Waals surface area contributed by atoms with E-state index in [4.69, 9.17) is 5.73 Å². The van der Waals surface area contributed by atoms with Gasteiger partial charge in [0.1, 0.15) is 0 Å². The van der Waals surface area contributed by atoms with Gasteiger partial charge in [0.2, 0.25) is 10.0 Å². The largest absolute Gasteiger partial charge is 0.399 e. The van der Waals surface area contributed by atoms with E-state index in [9.17, 15) is 8.42 Å². The molecule has 0 bridgehead atoms. The minimum atomic E-state index is -3.55. The topological polar surface area (TPSA) is 75.4 Å². The summed E-state index contributed by atoms with van der Waals surface area (Å²) in [6.45, 7) is 2.07. The molecule has 2 atom stereocenters. The highest BCUT2D eigenvalue weighted by molar-refractivity contribution is 9.10. The number of nitrogen functional groups attached to an aromatic ring is 1. The quantitative estimate of drug-likeness (QED) is 0.793. The van der Waals surface area contributed by atoms with Crippen molar-refractivity contribution >= 4 is 31.6 Å². The fourth-order valence-electron chi connectivity index (χ4n) is 3.37. The van der Waals surface area contributed by atoms with Gasteiger partial charge in [-0.2, -0.15) is 0 Å². The number of nitrogens with zero attached hydrogens (tertiary/aromatic N) is 1. The maximum absolute atomic E-state index is 12.6. The normalized spacial score (nSPS) is 26.7. The van der Waals surface area contributed by atoms with E-state index in [0.29, 0.717) is 16.2 Å². The lowest BCUT2D eigenvalue weighted by Gasteiger charge is -2.32. The lowest BCUT2D eigenvalue weighted by Crippen LogP contribution is -2.46. The molecule has 0 radical (unpaired) electrons. The summed E-state index contributed by atoms with van der Waals surface area (Å²) in [6, 6.07) is 5.20. The van der Waals surface area contributed by atoms with Crippen LogP contribution in [-0.2, 0) is 10.0 Å². The van der Waals surface area contributed by atoms with Gasteiger partial charge in [0.15, 0.2) is 0 Å². The van der Waals surface area contributed by atoms with Gasteiger partial charge in [-0.25, -0.2) is 13.1 Å². The molecule has 3 rings (SSSR count). The van der Waals surface area contributed by atoms with E-state index in [1.165, 1.54) is 18.9 Å². The zero-order chi connectivity index (χ0) is 15.0. The number of halogens is 1. The number of piperidine rings is 1. The molecule has 0 saturated carbocycles. The van der Waals surface area contributed by atoms with E-state index in [0.717, 1.165) is 25.9 Å². The number of benzene rings is 1. The van der Waals surface area contributed by atoms with E-state index in [1.54, 1.807) is 12.1 Å². The lowest BCUT2D eigenvalue weighted by molar-refractivity contribution is 0.186. The molecule has 2 aliphatic rings. The minimum absolute atomic E-state index is 0.00336. The van der Waals surface area contributed by atoms with Gasteiger partial charge < -0.3 is 5.73 Å². The third kappa shape index (κ3) is 3.11. The van der Waals surface area contributed by atoms with E-state index < -0.39 is 10.0 Å². The molecule has 1 aromatic rings. The van der Waals surface area contributed by atoms with Gasteiger partial charge >= 0.3 is 0 Å². The van der Waals surface area contributed by atoms with Gasteiger partial charge in [-0.1, -0.05) is 6.42 Å². The van der Waals surface area contributed by atoms with Crippen LogP contribution in [0.4, 0.5) is 5.69 Å². The van der Waals surface area contributed by atoms with Crippen LogP contribution in [0, 0.1) is 0 Å². The SMILES string of the molecule is Nc1ccc(Br)c(S(=O)(=O)NC2CCN3CCCCC23)c1. The zero-order valence-corrected chi connectivity index (χ0v) is 14.2. The predicted octanol–water partition coefficient (Wildman–Crippen LogP) is 1.94. The first kappa shape index (κ1) is 15.3. The summed E-state index contributed by atoms with van der Waals surface area (Å²) in [7, 11) is -3.55. The molecule has 3 N–H and O–H groups in total. The van der Waals surface area contributed by atoms with Crippen molar-refractivity contribution in [3.05, 3.63) is 22.7 Å². The Morgan fingerprint density at radius 3 is 2.86 bits per heavy atom. The lowest BCUT2D eigenvalue weighted by atomic mass is 10.00. The number of fused-ring (bicyclic) bond motifs is 1. The van der Waals surface area contributed by atoms with Crippen LogP contribution in [0.15, 0.2) is 27.6 Å². The molecule has 0 spiro atoms. The van der Waals surface area contributed by atoms with Crippen LogP contribution in [0.2, 0.25) is 0 Å². The van der Waals surface area contributed by atoms with E-state index in [-0.39, 0.29) is 10.9 Å². The van der Waals surface area contributed by atoms with Crippen molar-refractivity contribution in [2.24, 2.45) is 0 Å². The van der Waals surface area contributed by atoms with Crippen molar-refractivity contribution in [1.82, 2.24) is 9.62 Å². The number of rotatable bonds is 3. The van der Waals surface area contributed by atoms with Crippen LogP contribution in [0.5, 0.6) is 0 Å². The molecular formula is C14H20BrN3O2S. The smallest absolute Gasteiger partial charge is 0.242 e. The third-order valence-electron chi connectivity index (χ3n) is 4.41. The predicted molar refractivity (Wildman–Crippen MR) is 86.5 cm³/mol. The number of hydrogen-bond donors (Lipinski definition) is 2. The van der Waals surface area contributed by atoms with Gasteiger partial charge in [-0.3, -0.25) is 4.90 Å². The van der Waals surface area contributed by atoms with E-state index >= 15 is 0 Å². The van der Waals surface area contributed by atoms with Crippen LogP contribution < -0.4 is 10.5 Å². The molecule has 2 heterocycles. The Kier molecular flexibility index (Phi) is 4.27. The van der Waals surface area contributed by atoms with Crippen molar-refractivity contribution in [2.75, 3.05) is 18.8 Å². The summed E-state index contributed by atoms with van der Waals surface area (Å²) < 4.78 is 28.7. The maximum atomic E-state index is 12.6. The second-order valence-corrected chi connectivity index (χ2v) is 8.34. The first-order chi connectivity index (χ1) is 9.97. The second kappa shape index (κ2) is 5.87. The molecule has 0 aliphatic carbocycles. The van der Waals surface area contributed by atoms with Crippen LogP contribution in [-0.4, -0.2) is 38.5 Å². The van der Waals surface area contributed by atoms with Crippen molar-refractivity contribution < 1.29 is 8.42 Å². The van der Waals surface area contributed by atoms with Gasteiger partial charge in [0.05, 0.1) is 4.90 Å². The summed E-state index contributed by atoms with van der Waals surface area (Å²) in [4.78, 5) is 2.63. The average Bonchev–Trinajstić information content (AvgIpc) is 2.84. The molecule has 0 amide bonds. The Bertz CT molecular complexity index is 635. The first-order valence-corrected chi connectivity index (χ1v) is 9.56. The standard InChI is InChI=1S/C14H20BrN3O2S/c15-11-5-4-10(16)9-14(11)21(19,20)17-12-6-8-18-7-2-1-3-13(12)18/h4-5,9,12-13,17H,1-3,6-8,16H2. The molecule has 2 fully saturated rings. The molecule has 5 nitrogen and oxygen atoms in total. The Labute approximate surface area is 134 Å². The van der Waals surface area contributed by atoms with Crippen LogP contribution in [0.1, 0.15) is 25.7 Å². The highest BCUT2D eigenvalue weighted by Crippen LogP contribution is 2.30. The number of hydrogen-bond acceptors (Lipinski definition) is 4. The summed E-state index contributed by atoms with van der Waals surface area (Å²) >= 11 is 3.30. The monoisotopic (exact) mass is 373 g/mol. The molecule has 1 aromatic carbocycles. The number of nitrogens with two attached hydrogens (primary N) is 1. The van der Waals surface area contributed by atoms with Crippen molar-refractivity contribution in [2.45, 2.75) is 42.7 Å². The molecule has 0 aromatic heterocycles. The average molecular weight is 374 g/mol. The number of sulfonamides is 1. The third-order valence-corrected chi connectivity index (χ3v) is 6.89. The van der Waals surface area contributed by atoms with Crippen molar-refractivity contribution in [3.63, 3.8) is 0 Å². The zero-order valence-electron chi connectivity index (χ0n) is 11.8. The first-order valence-electron chi connectivity index (χ1n) is 7.29. The van der Waals surface area contributed by atoms with Gasteiger partial charge in [-0.15, -0.1) is 0 Å². The van der Waals surface area contributed by atoms with Crippen LogP contribution in [0.25, 0.3) is 0 Å². The maximum Gasteiger partial charge on any atom is 0.242 e.